The maximum absolute atomic E-state index is 13.1. The van der Waals surface area contributed by atoms with Crippen molar-refractivity contribution in [1.29, 1.82) is 5.41 Å². The van der Waals surface area contributed by atoms with Crippen LogP contribution in [0.1, 0.15) is 27.3 Å². The van der Waals surface area contributed by atoms with Crippen LogP contribution >= 0.6 is 11.6 Å². The number of para-hydroxylation sites is 1. The smallest absolute Gasteiger partial charge is 0.432 e. The summed E-state index contributed by atoms with van der Waals surface area (Å²) in [6.07, 6.45) is -0.741. The lowest BCUT2D eigenvalue weighted by Gasteiger charge is -2.15. The fourth-order valence-corrected chi connectivity index (χ4v) is 3.71. The molecule has 0 amide bonds. The number of hydrogen-bond acceptors (Lipinski definition) is 5. The SMILES string of the molecule is N=C(/C=C(\Nc1ccccc1Cl)c1ccc(C(=O)OCc2nccn2Cc2ccccc2)cc1)C(F)(F)F. The third kappa shape index (κ3) is 6.89. The maximum atomic E-state index is 13.1. The van der Waals surface area contributed by atoms with Crippen LogP contribution in [0.4, 0.5) is 18.9 Å². The molecule has 0 saturated heterocycles. The molecule has 2 N–H and O–H groups in total. The molecule has 0 aliphatic carbocycles. The Labute approximate surface area is 221 Å². The number of carbonyl (C=O) groups excluding carboxylic acids is 1. The molecule has 0 atom stereocenters. The topological polar surface area (TPSA) is 80.0 Å². The Morgan fingerprint density at radius 1 is 1.00 bits per heavy atom. The molecule has 4 aromatic rings. The van der Waals surface area contributed by atoms with Crippen molar-refractivity contribution in [2.75, 3.05) is 5.32 Å². The molecule has 0 unspecified atom stereocenters. The minimum absolute atomic E-state index is 0.0109. The average molecular weight is 539 g/mol. The van der Waals surface area contributed by atoms with E-state index in [9.17, 15) is 18.0 Å². The van der Waals surface area contributed by atoms with Crippen LogP contribution in [0.2, 0.25) is 5.02 Å². The number of ether oxygens (including phenoxy) is 1. The van der Waals surface area contributed by atoms with E-state index >= 15 is 0 Å². The molecule has 10 heteroatoms. The number of nitrogens with one attached hydrogen (secondary N) is 2. The van der Waals surface area contributed by atoms with Crippen molar-refractivity contribution < 1.29 is 22.7 Å². The number of aromatic nitrogens is 2. The van der Waals surface area contributed by atoms with Crippen LogP contribution in [-0.4, -0.2) is 27.4 Å². The van der Waals surface area contributed by atoms with Crippen LogP contribution in [0, 0.1) is 5.41 Å². The number of hydrogen-bond donors (Lipinski definition) is 2. The summed E-state index contributed by atoms with van der Waals surface area (Å²) in [5.41, 5.74) is 0.406. The van der Waals surface area contributed by atoms with E-state index in [1.807, 2.05) is 34.9 Å². The van der Waals surface area contributed by atoms with E-state index in [-0.39, 0.29) is 17.9 Å². The lowest BCUT2D eigenvalue weighted by atomic mass is 10.1. The number of alkyl halides is 3. The second kappa shape index (κ2) is 11.8. The van der Waals surface area contributed by atoms with Gasteiger partial charge in [-0.05, 0) is 41.5 Å². The standard InChI is InChI=1S/C28H22ClF3N4O2/c29-22-8-4-5-9-23(22)35-24(16-25(33)28(30,31)32)20-10-12-21(13-11-20)27(37)38-18-26-34-14-15-36(26)17-19-6-2-1-3-7-19/h1-16,33,35H,17-18H2/b24-16-,33-25?. The van der Waals surface area contributed by atoms with Crippen LogP contribution in [0.3, 0.4) is 0 Å². The van der Waals surface area contributed by atoms with Gasteiger partial charge in [0, 0.05) is 24.6 Å². The van der Waals surface area contributed by atoms with Gasteiger partial charge < -0.3 is 14.6 Å². The predicted octanol–water partition coefficient (Wildman–Crippen LogP) is 6.98. The largest absolute Gasteiger partial charge is 0.454 e. The molecule has 0 fully saturated rings. The first-order chi connectivity index (χ1) is 18.2. The van der Waals surface area contributed by atoms with Gasteiger partial charge >= 0.3 is 12.1 Å². The van der Waals surface area contributed by atoms with Crippen molar-refractivity contribution in [3.8, 4) is 0 Å². The molecule has 0 spiro atoms. The molecule has 0 bridgehead atoms. The molecule has 4 rings (SSSR count). The fraction of sp³-hybridized carbons (Fsp3) is 0.107. The number of nitrogens with zero attached hydrogens (tertiary/aromatic N) is 2. The molecule has 1 heterocycles. The zero-order valence-electron chi connectivity index (χ0n) is 19.9. The Hall–Kier alpha value is -4.37. The lowest BCUT2D eigenvalue weighted by Crippen LogP contribution is -2.20. The van der Waals surface area contributed by atoms with Crippen molar-refractivity contribution in [2.45, 2.75) is 19.3 Å². The van der Waals surface area contributed by atoms with E-state index in [4.69, 9.17) is 21.7 Å². The number of esters is 1. The van der Waals surface area contributed by atoms with Gasteiger partial charge in [-0.25, -0.2) is 9.78 Å². The quantitative estimate of drug-likeness (QED) is 0.178. The highest BCUT2D eigenvalue weighted by molar-refractivity contribution is 6.33. The first-order valence-corrected chi connectivity index (χ1v) is 11.8. The van der Waals surface area contributed by atoms with Crippen LogP contribution in [-0.2, 0) is 17.9 Å². The fourth-order valence-electron chi connectivity index (χ4n) is 3.53. The van der Waals surface area contributed by atoms with Gasteiger partial charge in [-0.1, -0.05) is 66.2 Å². The Morgan fingerprint density at radius 3 is 2.34 bits per heavy atom. The summed E-state index contributed by atoms with van der Waals surface area (Å²) in [5.74, 6) is -0.0444. The zero-order chi connectivity index (χ0) is 27.1. The van der Waals surface area contributed by atoms with Gasteiger partial charge in [0.15, 0.2) is 0 Å². The monoisotopic (exact) mass is 538 g/mol. The van der Waals surface area contributed by atoms with E-state index < -0.39 is 17.9 Å². The Bertz CT molecular complexity index is 1450. The summed E-state index contributed by atoms with van der Waals surface area (Å²) in [6, 6.07) is 22.1. The van der Waals surface area contributed by atoms with Gasteiger partial charge in [0.2, 0.25) is 0 Å². The van der Waals surface area contributed by atoms with Crippen molar-refractivity contribution in [1.82, 2.24) is 9.55 Å². The molecule has 194 valence electrons. The molecule has 0 aliphatic rings. The van der Waals surface area contributed by atoms with E-state index in [2.05, 4.69) is 10.3 Å². The number of imidazole rings is 1. The maximum Gasteiger partial charge on any atom is 0.432 e. The first kappa shape index (κ1) is 26.7. The van der Waals surface area contributed by atoms with Gasteiger partial charge in [-0.15, -0.1) is 0 Å². The summed E-state index contributed by atoms with van der Waals surface area (Å²) in [7, 11) is 0. The molecule has 3 aromatic carbocycles. The van der Waals surface area contributed by atoms with Crippen LogP contribution in [0.5, 0.6) is 0 Å². The number of allylic oxidation sites excluding steroid dienone is 1. The van der Waals surface area contributed by atoms with Gasteiger partial charge in [0.05, 0.1) is 16.3 Å². The van der Waals surface area contributed by atoms with Gasteiger partial charge in [0.1, 0.15) is 18.1 Å². The molecule has 0 aliphatic heterocycles. The molecule has 6 nitrogen and oxygen atoms in total. The summed E-state index contributed by atoms with van der Waals surface area (Å²) in [5, 5.41) is 10.5. The van der Waals surface area contributed by atoms with E-state index in [1.54, 1.807) is 36.7 Å². The van der Waals surface area contributed by atoms with Crippen molar-refractivity contribution in [3.05, 3.63) is 125 Å². The number of benzene rings is 3. The molecule has 38 heavy (non-hydrogen) atoms. The molecule has 0 radical (unpaired) electrons. The average Bonchev–Trinajstić information content (AvgIpc) is 3.35. The minimum Gasteiger partial charge on any atom is -0.454 e. The highest BCUT2D eigenvalue weighted by Crippen LogP contribution is 2.27. The number of anilines is 1. The first-order valence-electron chi connectivity index (χ1n) is 11.4. The van der Waals surface area contributed by atoms with Crippen LogP contribution in [0.25, 0.3) is 5.70 Å². The minimum atomic E-state index is -4.83. The Kier molecular flexibility index (Phi) is 8.28. The Morgan fingerprint density at radius 2 is 1.66 bits per heavy atom. The van der Waals surface area contributed by atoms with Crippen molar-refractivity contribution in [2.24, 2.45) is 0 Å². The summed E-state index contributed by atoms with van der Waals surface area (Å²) in [6.45, 7) is 0.519. The van der Waals surface area contributed by atoms with E-state index in [0.717, 1.165) is 5.56 Å². The summed E-state index contributed by atoms with van der Waals surface area (Å²) in [4.78, 5) is 16.9. The van der Waals surface area contributed by atoms with E-state index in [0.29, 0.717) is 34.7 Å². The molecular weight excluding hydrogens is 517 g/mol. The predicted molar refractivity (Wildman–Crippen MR) is 140 cm³/mol. The second-order valence-electron chi connectivity index (χ2n) is 8.18. The highest BCUT2D eigenvalue weighted by Gasteiger charge is 2.33. The molecule has 1 aromatic heterocycles. The summed E-state index contributed by atoms with van der Waals surface area (Å²) < 4.78 is 46.5. The van der Waals surface area contributed by atoms with E-state index in [1.165, 1.54) is 24.3 Å². The number of rotatable bonds is 9. The van der Waals surface area contributed by atoms with Crippen molar-refractivity contribution >= 4 is 34.7 Å². The van der Waals surface area contributed by atoms with Gasteiger partial charge in [-0.2, -0.15) is 13.2 Å². The Balaban J connectivity index is 1.48. The highest BCUT2D eigenvalue weighted by atomic mass is 35.5. The zero-order valence-corrected chi connectivity index (χ0v) is 20.6. The molecular formula is C28H22ClF3N4O2. The van der Waals surface area contributed by atoms with Gasteiger partial charge in [0.25, 0.3) is 0 Å². The van der Waals surface area contributed by atoms with Crippen LogP contribution < -0.4 is 5.32 Å². The van der Waals surface area contributed by atoms with Gasteiger partial charge in [-0.3, -0.25) is 5.41 Å². The van der Waals surface area contributed by atoms with Crippen LogP contribution in [0.15, 0.2) is 97.3 Å². The second-order valence-corrected chi connectivity index (χ2v) is 8.59. The lowest BCUT2D eigenvalue weighted by molar-refractivity contribution is -0.0583. The normalized spacial score (nSPS) is 11.7. The third-order valence-electron chi connectivity index (χ3n) is 5.50. The summed E-state index contributed by atoms with van der Waals surface area (Å²) >= 11 is 6.15. The molecule has 0 saturated carbocycles. The van der Waals surface area contributed by atoms with Crippen molar-refractivity contribution in [3.63, 3.8) is 0 Å². The number of halogens is 4. The number of carbonyl (C=O) groups is 1. The third-order valence-corrected chi connectivity index (χ3v) is 5.83.